The van der Waals surface area contributed by atoms with E-state index in [2.05, 4.69) is 0 Å². The molecular weight excluding hydrogens is 378 g/mol. The van der Waals surface area contributed by atoms with Crippen LogP contribution in [0.4, 0.5) is 0 Å². The molecule has 0 N–H and O–H groups in total. The van der Waals surface area contributed by atoms with Gasteiger partial charge in [-0.05, 0) is 48.9 Å². The van der Waals surface area contributed by atoms with Gasteiger partial charge < -0.3 is 14.4 Å². The maximum atomic E-state index is 12.6. The first-order valence-corrected chi connectivity index (χ1v) is 10.5. The highest BCUT2D eigenvalue weighted by molar-refractivity contribution is 7.90. The van der Waals surface area contributed by atoms with Gasteiger partial charge in [-0.2, -0.15) is 0 Å². The molecule has 0 aliphatic heterocycles. The van der Waals surface area contributed by atoms with Crippen molar-refractivity contribution in [1.82, 2.24) is 4.90 Å². The lowest BCUT2D eigenvalue weighted by atomic mass is 10.1. The van der Waals surface area contributed by atoms with Gasteiger partial charge in [0.05, 0.1) is 25.2 Å². The fraction of sp³-hybridized carbons (Fsp3) is 0.286. The SMILES string of the molecule is COc1ccc(OC)c(C=CC(=O)N(C)C(C)c2ccc(S(C)(=O)=O)cc2)c1. The second-order valence-electron chi connectivity index (χ2n) is 6.41. The highest BCUT2D eigenvalue weighted by atomic mass is 32.2. The van der Waals surface area contributed by atoms with Crippen LogP contribution in [0.1, 0.15) is 24.1 Å². The molecule has 0 spiro atoms. The van der Waals surface area contributed by atoms with Crippen molar-refractivity contribution >= 4 is 21.8 Å². The summed E-state index contributed by atoms with van der Waals surface area (Å²) in [6.45, 7) is 1.88. The molecule has 1 amide bonds. The lowest BCUT2D eigenvalue weighted by molar-refractivity contribution is -0.126. The molecular formula is C21H25NO5S. The first-order valence-electron chi connectivity index (χ1n) is 8.64. The Kier molecular flexibility index (Phi) is 6.85. The summed E-state index contributed by atoms with van der Waals surface area (Å²) in [5.41, 5.74) is 1.57. The summed E-state index contributed by atoms with van der Waals surface area (Å²) in [6, 6.07) is 11.7. The van der Waals surface area contributed by atoms with Gasteiger partial charge in [0.1, 0.15) is 11.5 Å². The van der Waals surface area contributed by atoms with Crippen LogP contribution in [0.3, 0.4) is 0 Å². The third-order valence-electron chi connectivity index (χ3n) is 4.56. The number of nitrogens with zero attached hydrogens (tertiary/aromatic N) is 1. The van der Waals surface area contributed by atoms with Gasteiger partial charge in [0, 0.05) is 24.9 Å². The summed E-state index contributed by atoms with van der Waals surface area (Å²) >= 11 is 0. The predicted octanol–water partition coefficient (Wildman–Crippen LogP) is 3.34. The highest BCUT2D eigenvalue weighted by Gasteiger charge is 2.16. The fourth-order valence-corrected chi connectivity index (χ4v) is 3.29. The van der Waals surface area contributed by atoms with Gasteiger partial charge in [0.15, 0.2) is 9.84 Å². The molecule has 0 saturated carbocycles. The van der Waals surface area contributed by atoms with Crippen molar-refractivity contribution in [2.24, 2.45) is 0 Å². The first kappa shape index (κ1) is 21.5. The minimum Gasteiger partial charge on any atom is -0.497 e. The molecule has 0 bridgehead atoms. The molecule has 0 saturated heterocycles. The molecule has 0 aromatic heterocycles. The van der Waals surface area contributed by atoms with E-state index in [0.29, 0.717) is 11.5 Å². The molecule has 0 aliphatic rings. The molecule has 0 heterocycles. The Labute approximate surface area is 166 Å². The lowest BCUT2D eigenvalue weighted by Crippen LogP contribution is -2.28. The quantitative estimate of drug-likeness (QED) is 0.663. The van der Waals surface area contributed by atoms with Crippen LogP contribution in [-0.4, -0.2) is 46.7 Å². The molecule has 150 valence electrons. The van der Waals surface area contributed by atoms with Crippen LogP contribution in [-0.2, 0) is 14.6 Å². The molecule has 2 aromatic rings. The first-order chi connectivity index (χ1) is 13.2. The number of sulfone groups is 1. The van der Waals surface area contributed by atoms with E-state index in [4.69, 9.17) is 9.47 Å². The van der Waals surface area contributed by atoms with E-state index in [-0.39, 0.29) is 16.8 Å². The number of ether oxygens (including phenoxy) is 2. The Bertz CT molecular complexity index is 965. The predicted molar refractivity (Wildman–Crippen MR) is 109 cm³/mol. The monoisotopic (exact) mass is 403 g/mol. The summed E-state index contributed by atoms with van der Waals surface area (Å²) in [7, 11) is 1.59. The maximum Gasteiger partial charge on any atom is 0.246 e. The molecule has 7 heteroatoms. The van der Waals surface area contributed by atoms with Gasteiger partial charge in [0.2, 0.25) is 5.91 Å². The van der Waals surface area contributed by atoms with E-state index in [1.165, 1.54) is 12.3 Å². The molecule has 1 unspecified atom stereocenters. The lowest BCUT2D eigenvalue weighted by Gasteiger charge is -2.24. The Morgan fingerprint density at radius 3 is 2.25 bits per heavy atom. The van der Waals surface area contributed by atoms with Crippen LogP contribution >= 0.6 is 0 Å². The highest BCUT2D eigenvalue weighted by Crippen LogP contribution is 2.26. The maximum absolute atomic E-state index is 12.6. The number of carbonyl (C=O) groups excluding carboxylic acids is 1. The van der Waals surface area contributed by atoms with Gasteiger partial charge in [-0.15, -0.1) is 0 Å². The van der Waals surface area contributed by atoms with Gasteiger partial charge in [-0.3, -0.25) is 4.79 Å². The number of hydrogen-bond donors (Lipinski definition) is 0. The number of carbonyl (C=O) groups is 1. The van der Waals surface area contributed by atoms with E-state index >= 15 is 0 Å². The third kappa shape index (κ3) is 5.13. The standard InChI is InChI=1S/C21H25NO5S/c1-15(16-6-10-19(11-7-16)28(5,24)25)22(2)21(23)13-8-17-14-18(26-3)9-12-20(17)27-4/h6-15H,1-5H3. The number of likely N-dealkylation sites (N-methyl/N-ethyl adjacent to an activating group) is 1. The normalized spacial score (nSPS) is 12.6. The van der Waals surface area contributed by atoms with Gasteiger partial charge >= 0.3 is 0 Å². The number of amides is 1. The number of hydrogen-bond acceptors (Lipinski definition) is 5. The molecule has 1 atom stereocenters. The van der Waals surface area contributed by atoms with Crippen molar-refractivity contribution in [1.29, 1.82) is 0 Å². The van der Waals surface area contributed by atoms with Gasteiger partial charge in [-0.1, -0.05) is 12.1 Å². The van der Waals surface area contributed by atoms with Crippen molar-refractivity contribution in [3.05, 3.63) is 59.7 Å². The molecule has 0 fully saturated rings. The Morgan fingerprint density at radius 1 is 1.07 bits per heavy atom. The van der Waals surface area contributed by atoms with Crippen LogP contribution in [0.5, 0.6) is 11.5 Å². The zero-order valence-electron chi connectivity index (χ0n) is 16.7. The van der Waals surface area contributed by atoms with Crippen molar-refractivity contribution in [3.8, 4) is 11.5 Å². The average Bonchev–Trinajstić information content (AvgIpc) is 2.69. The minimum absolute atomic E-state index is 0.190. The zero-order valence-corrected chi connectivity index (χ0v) is 17.5. The topological polar surface area (TPSA) is 72.9 Å². The summed E-state index contributed by atoms with van der Waals surface area (Å²) in [4.78, 5) is 14.4. The second-order valence-corrected chi connectivity index (χ2v) is 8.42. The molecule has 0 radical (unpaired) electrons. The van der Waals surface area contributed by atoms with Gasteiger partial charge in [-0.25, -0.2) is 8.42 Å². The van der Waals surface area contributed by atoms with E-state index in [1.54, 1.807) is 74.7 Å². The van der Waals surface area contributed by atoms with E-state index in [1.807, 2.05) is 6.92 Å². The molecule has 2 rings (SSSR count). The van der Waals surface area contributed by atoms with Crippen molar-refractivity contribution in [2.45, 2.75) is 17.9 Å². The number of rotatable bonds is 7. The van der Waals surface area contributed by atoms with E-state index < -0.39 is 9.84 Å². The summed E-state index contributed by atoms with van der Waals surface area (Å²) in [5, 5.41) is 0. The van der Waals surface area contributed by atoms with Crippen LogP contribution in [0.25, 0.3) is 6.08 Å². The van der Waals surface area contributed by atoms with E-state index in [0.717, 1.165) is 11.1 Å². The largest absolute Gasteiger partial charge is 0.497 e. The van der Waals surface area contributed by atoms with E-state index in [9.17, 15) is 13.2 Å². The molecule has 2 aromatic carbocycles. The number of benzene rings is 2. The zero-order chi connectivity index (χ0) is 20.9. The van der Waals surface area contributed by atoms with Crippen molar-refractivity contribution < 1.29 is 22.7 Å². The summed E-state index contributed by atoms with van der Waals surface area (Å²) in [6.07, 6.45) is 4.32. The van der Waals surface area contributed by atoms with Crippen molar-refractivity contribution in [3.63, 3.8) is 0 Å². The minimum atomic E-state index is -3.25. The summed E-state index contributed by atoms with van der Waals surface area (Å²) in [5.74, 6) is 1.11. The second kappa shape index (κ2) is 8.93. The fourth-order valence-electron chi connectivity index (χ4n) is 2.66. The van der Waals surface area contributed by atoms with Crippen LogP contribution in [0.15, 0.2) is 53.4 Å². The van der Waals surface area contributed by atoms with Crippen molar-refractivity contribution in [2.75, 3.05) is 27.5 Å². The van der Waals surface area contributed by atoms with Crippen LogP contribution < -0.4 is 9.47 Å². The summed E-state index contributed by atoms with van der Waals surface area (Å²) < 4.78 is 33.7. The Hall–Kier alpha value is -2.80. The third-order valence-corrected chi connectivity index (χ3v) is 5.69. The number of methoxy groups -OCH3 is 2. The molecule has 0 aliphatic carbocycles. The van der Waals surface area contributed by atoms with Gasteiger partial charge in [0.25, 0.3) is 0 Å². The smallest absolute Gasteiger partial charge is 0.246 e. The Morgan fingerprint density at radius 2 is 1.71 bits per heavy atom. The van der Waals surface area contributed by atoms with Crippen LogP contribution in [0, 0.1) is 0 Å². The van der Waals surface area contributed by atoms with Crippen LogP contribution in [0.2, 0.25) is 0 Å². The molecule has 6 nitrogen and oxygen atoms in total. The average molecular weight is 404 g/mol. The molecule has 28 heavy (non-hydrogen) atoms. The Balaban J connectivity index is 2.17.